The van der Waals surface area contributed by atoms with Crippen molar-refractivity contribution >= 4 is 62.7 Å². The van der Waals surface area contributed by atoms with Gasteiger partial charge in [0, 0.05) is 35.2 Å². The second kappa shape index (κ2) is 15.9. The third-order valence-electron chi connectivity index (χ3n) is 7.77. The maximum atomic E-state index is 14.1. The molecule has 10 nitrogen and oxygen atoms in total. The summed E-state index contributed by atoms with van der Waals surface area (Å²) in [5.41, 5.74) is 4.46. The van der Waals surface area contributed by atoms with E-state index in [4.69, 9.17) is 31.2 Å². The molecule has 13 heteroatoms. The number of aryl methyl sites for hydroxylation is 1. The number of anilines is 2. The highest BCUT2D eigenvalue weighted by Gasteiger charge is 2.36. The number of nitrogens with zero attached hydrogens (tertiary/aromatic N) is 4. The standard InChI is InChI=1S/C35H38BrClN6O4S/c1-6-42(7-2)29(44)19-47-32-26(36)17-24(18-28(32)46-8-3)31-30(33(45)39-25-14-11-12-21(4)16-25)22(5)38-34-40-35(41-43(31)34)48-20-23-13-9-10-15-27(23)37/h9-18,31H,6-8,19-20H2,1-5H3,(H,39,45)(H,38,40,41). The van der Waals surface area contributed by atoms with Gasteiger partial charge in [0.25, 0.3) is 11.8 Å². The number of hydrogen-bond acceptors (Lipinski definition) is 8. The number of carbonyl (C=O) groups is 2. The number of thioether (sulfide) groups is 1. The van der Waals surface area contributed by atoms with Crippen LogP contribution in [-0.2, 0) is 15.3 Å². The molecule has 2 N–H and O–H groups in total. The van der Waals surface area contributed by atoms with Crippen LogP contribution in [-0.4, -0.2) is 57.8 Å². The fourth-order valence-corrected chi connectivity index (χ4v) is 7.11. The number of halogens is 2. The monoisotopic (exact) mass is 752 g/mol. The average Bonchev–Trinajstić information content (AvgIpc) is 3.46. The van der Waals surface area contributed by atoms with E-state index in [0.29, 0.717) is 80.1 Å². The van der Waals surface area contributed by atoms with Crippen LogP contribution in [0.5, 0.6) is 11.5 Å². The Bertz CT molecular complexity index is 1840. The van der Waals surface area contributed by atoms with E-state index in [0.717, 1.165) is 11.1 Å². The minimum atomic E-state index is -0.685. The van der Waals surface area contributed by atoms with Gasteiger partial charge in [0.05, 0.1) is 16.7 Å². The Morgan fingerprint density at radius 1 is 1.06 bits per heavy atom. The van der Waals surface area contributed by atoms with Crippen LogP contribution in [0.2, 0.25) is 5.02 Å². The first-order valence-electron chi connectivity index (χ1n) is 15.7. The van der Waals surface area contributed by atoms with Gasteiger partial charge in [0.1, 0.15) is 6.04 Å². The molecular formula is C35H38BrClN6O4S. The Morgan fingerprint density at radius 2 is 1.83 bits per heavy atom. The number of amides is 2. The van der Waals surface area contributed by atoms with E-state index in [1.54, 1.807) is 9.58 Å². The van der Waals surface area contributed by atoms with Crippen molar-refractivity contribution in [3.8, 4) is 11.5 Å². The zero-order valence-corrected chi connectivity index (χ0v) is 30.6. The van der Waals surface area contributed by atoms with Gasteiger partial charge in [-0.2, -0.15) is 4.98 Å². The van der Waals surface area contributed by atoms with E-state index in [9.17, 15) is 9.59 Å². The minimum absolute atomic E-state index is 0.125. The van der Waals surface area contributed by atoms with Crippen molar-refractivity contribution < 1.29 is 19.1 Å². The zero-order valence-electron chi connectivity index (χ0n) is 27.5. The molecule has 1 unspecified atom stereocenters. The largest absolute Gasteiger partial charge is 0.490 e. The van der Waals surface area contributed by atoms with Crippen LogP contribution in [0.15, 0.2) is 81.6 Å². The van der Waals surface area contributed by atoms with Crippen molar-refractivity contribution in [1.29, 1.82) is 0 Å². The summed E-state index contributed by atoms with van der Waals surface area (Å²) in [5.74, 6) is 1.47. The van der Waals surface area contributed by atoms with E-state index in [2.05, 4.69) is 26.6 Å². The number of fused-ring (bicyclic) bond motifs is 1. The fourth-order valence-electron chi connectivity index (χ4n) is 5.42. The first kappa shape index (κ1) is 35.3. The van der Waals surface area contributed by atoms with Crippen LogP contribution in [0.25, 0.3) is 0 Å². The Morgan fingerprint density at radius 3 is 2.54 bits per heavy atom. The molecule has 2 heterocycles. The average molecular weight is 754 g/mol. The van der Waals surface area contributed by atoms with Crippen LogP contribution in [0.4, 0.5) is 11.6 Å². The molecule has 0 saturated heterocycles. The lowest BCUT2D eigenvalue weighted by Crippen LogP contribution is -2.34. The summed E-state index contributed by atoms with van der Waals surface area (Å²) in [7, 11) is 0. The lowest BCUT2D eigenvalue weighted by atomic mass is 9.94. The van der Waals surface area contributed by atoms with Crippen molar-refractivity contribution in [2.75, 3.05) is 36.9 Å². The molecule has 0 saturated carbocycles. The van der Waals surface area contributed by atoms with Crippen molar-refractivity contribution in [3.05, 3.63) is 98.1 Å². The topological polar surface area (TPSA) is 111 Å². The maximum Gasteiger partial charge on any atom is 0.260 e. The third-order valence-corrected chi connectivity index (χ3v) is 9.62. The van der Waals surface area contributed by atoms with Crippen molar-refractivity contribution in [2.45, 2.75) is 51.6 Å². The lowest BCUT2D eigenvalue weighted by Gasteiger charge is -2.29. The number of allylic oxidation sites excluding steroid dienone is 1. The Kier molecular flexibility index (Phi) is 11.7. The third kappa shape index (κ3) is 7.99. The van der Waals surface area contributed by atoms with Gasteiger partial charge >= 0.3 is 0 Å². The second-order valence-electron chi connectivity index (χ2n) is 11.1. The highest BCUT2D eigenvalue weighted by atomic mass is 79.9. The highest BCUT2D eigenvalue weighted by molar-refractivity contribution is 9.10. The predicted octanol–water partition coefficient (Wildman–Crippen LogP) is 7.87. The van der Waals surface area contributed by atoms with E-state index in [-0.39, 0.29) is 18.4 Å². The number of ether oxygens (including phenoxy) is 2. The molecule has 1 aliphatic rings. The van der Waals surface area contributed by atoms with Crippen LogP contribution in [0, 0.1) is 6.92 Å². The number of hydrogen-bond donors (Lipinski definition) is 2. The van der Waals surface area contributed by atoms with E-state index in [1.807, 2.05) is 95.3 Å². The number of benzene rings is 3. The van der Waals surface area contributed by atoms with Gasteiger partial charge in [0.15, 0.2) is 18.1 Å². The molecule has 48 heavy (non-hydrogen) atoms. The fraction of sp³-hybridized carbons (Fsp3) is 0.314. The van der Waals surface area contributed by atoms with Crippen LogP contribution in [0.3, 0.4) is 0 Å². The first-order valence-corrected chi connectivity index (χ1v) is 17.8. The molecule has 0 bridgehead atoms. The maximum absolute atomic E-state index is 14.1. The predicted molar refractivity (Wildman–Crippen MR) is 194 cm³/mol. The molecule has 0 radical (unpaired) electrons. The lowest BCUT2D eigenvalue weighted by molar-refractivity contribution is -0.133. The molecule has 5 rings (SSSR count). The SMILES string of the molecule is CCOc1cc(C2C(C(=O)Nc3cccc(C)c3)=C(C)Nc3nc(SCc4ccccc4Cl)nn32)cc(Br)c1OCC(=O)N(CC)CC. The Hall–Kier alpha value is -4.00. The summed E-state index contributed by atoms with van der Waals surface area (Å²) in [5, 5.41) is 12.4. The van der Waals surface area contributed by atoms with Crippen molar-refractivity contribution in [2.24, 2.45) is 0 Å². The Balaban J connectivity index is 1.55. The smallest absolute Gasteiger partial charge is 0.260 e. The molecule has 0 spiro atoms. The zero-order chi connectivity index (χ0) is 34.4. The summed E-state index contributed by atoms with van der Waals surface area (Å²) >= 11 is 11.5. The molecule has 4 aromatic rings. The summed E-state index contributed by atoms with van der Waals surface area (Å²) in [6.07, 6.45) is 0. The number of carbonyl (C=O) groups excluding carboxylic acids is 2. The molecule has 0 aliphatic carbocycles. The van der Waals surface area contributed by atoms with E-state index in [1.165, 1.54) is 11.8 Å². The normalized spacial score (nSPS) is 13.9. The highest BCUT2D eigenvalue weighted by Crippen LogP contribution is 2.43. The molecule has 1 atom stereocenters. The molecule has 252 valence electrons. The quantitative estimate of drug-likeness (QED) is 0.133. The van der Waals surface area contributed by atoms with Crippen LogP contribution < -0.4 is 20.1 Å². The summed E-state index contributed by atoms with van der Waals surface area (Å²) in [6, 6.07) is 18.3. The Labute approximate surface area is 298 Å². The molecule has 0 fully saturated rings. The van der Waals surface area contributed by atoms with Crippen molar-refractivity contribution in [1.82, 2.24) is 19.7 Å². The summed E-state index contributed by atoms with van der Waals surface area (Å²) in [4.78, 5) is 33.3. The number of rotatable bonds is 13. The summed E-state index contributed by atoms with van der Waals surface area (Å²) < 4.78 is 14.4. The minimum Gasteiger partial charge on any atom is -0.490 e. The van der Waals surface area contributed by atoms with Crippen molar-refractivity contribution in [3.63, 3.8) is 0 Å². The molecular weight excluding hydrogens is 716 g/mol. The number of nitrogens with one attached hydrogen (secondary N) is 2. The first-order chi connectivity index (χ1) is 23.1. The number of aromatic nitrogens is 3. The van der Waals surface area contributed by atoms with Gasteiger partial charge in [-0.3, -0.25) is 9.59 Å². The number of likely N-dealkylation sites (N-methyl/N-ethyl adjacent to an activating group) is 1. The van der Waals surface area contributed by atoms with Crippen LogP contribution in [0.1, 0.15) is 50.4 Å². The van der Waals surface area contributed by atoms with E-state index >= 15 is 0 Å². The van der Waals surface area contributed by atoms with Gasteiger partial charge in [-0.25, -0.2) is 4.68 Å². The van der Waals surface area contributed by atoms with Crippen LogP contribution >= 0.6 is 39.3 Å². The molecule has 1 aromatic heterocycles. The second-order valence-corrected chi connectivity index (χ2v) is 13.3. The molecule has 1 aliphatic heterocycles. The van der Waals surface area contributed by atoms with Gasteiger partial charge in [-0.05, 0) is 97.6 Å². The van der Waals surface area contributed by atoms with Gasteiger partial charge < -0.3 is 25.0 Å². The summed E-state index contributed by atoms with van der Waals surface area (Å²) in [6.45, 7) is 10.9. The van der Waals surface area contributed by atoms with Gasteiger partial charge in [0.2, 0.25) is 11.1 Å². The van der Waals surface area contributed by atoms with Gasteiger partial charge in [-0.1, -0.05) is 53.7 Å². The molecule has 3 aromatic carbocycles. The van der Waals surface area contributed by atoms with Gasteiger partial charge in [-0.15, -0.1) is 5.10 Å². The molecule has 2 amide bonds. The van der Waals surface area contributed by atoms with E-state index < -0.39 is 6.04 Å².